The minimum Gasteiger partial charge on any atom is -0.457 e. The lowest BCUT2D eigenvalue weighted by Crippen LogP contribution is -2.57. The Morgan fingerprint density at radius 3 is 1.92 bits per heavy atom. The number of hydrogen-bond acceptors (Lipinski definition) is 8. The van der Waals surface area contributed by atoms with Gasteiger partial charge in [-0.25, -0.2) is 0 Å². The maximum absolute atomic E-state index is 14.0. The molecule has 0 fully saturated rings. The minimum absolute atomic E-state index is 0.0116. The molecule has 8 atom stereocenters. The number of nitrogens with zero attached hydrogens (tertiary/aromatic N) is 2. The second-order valence-corrected chi connectivity index (χ2v) is 18.9. The Bertz CT molecular complexity index is 1770. The van der Waals surface area contributed by atoms with E-state index in [9.17, 15) is 33.6 Å². The summed E-state index contributed by atoms with van der Waals surface area (Å²) >= 11 is 6.12. The molecule has 62 heavy (non-hydrogen) atoms. The standard InChI is InChI=1S/C48H76ClN5O8/c1-17-29(5)41(35(11)55)52-40(56)27-53(15)46(60)39(26-36-21-23-37(49)24-22-36)54(16)45(59)34(10)50-44(58)38(25-28(3)4)51-43(57)32(8)20-19-31(7)33(9)42(30(6)18-2)62-47(61)48(12,13)14/h18,20-24,28-29,31,33-34,38-39,41-42H,17,19,25-27H2,1-16H3,(H,50,58)(H,51,57)(H,52,56)/b30-18+,32-20+/t29-,31-,33-,34-,38+,39+,41?,42+/m0/s1. The van der Waals surface area contributed by atoms with Crippen molar-refractivity contribution in [3.05, 3.63) is 58.1 Å². The van der Waals surface area contributed by atoms with Crippen LogP contribution in [0.3, 0.4) is 0 Å². The molecule has 0 radical (unpaired) electrons. The van der Waals surface area contributed by atoms with E-state index in [0.717, 1.165) is 5.57 Å². The molecule has 0 bridgehead atoms. The summed E-state index contributed by atoms with van der Waals surface area (Å²) in [6.45, 7) is 25.2. The molecular weight excluding hydrogens is 810 g/mol. The van der Waals surface area contributed by atoms with Crippen molar-refractivity contribution in [1.29, 1.82) is 0 Å². The summed E-state index contributed by atoms with van der Waals surface area (Å²) < 4.78 is 5.96. The van der Waals surface area contributed by atoms with Gasteiger partial charge in [0.2, 0.25) is 29.5 Å². The first-order chi connectivity index (χ1) is 28.7. The van der Waals surface area contributed by atoms with Crippen LogP contribution in [0.2, 0.25) is 5.02 Å². The second kappa shape index (κ2) is 25.6. The first-order valence-electron chi connectivity index (χ1n) is 21.8. The summed E-state index contributed by atoms with van der Waals surface area (Å²) in [5.41, 5.74) is 1.41. The molecule has 0 heterocycles. The van der Waals surface area contributed by atoms with Crippen LogP contribution in [0.5, 0.6) is 0 Å². The highest BCUT2D eigenvalue weighted by Crippen LogP contribution is 2.29. The zero-order valence-electron chi connectivity index (χ0n) is 40.2. The predicted molar refractivity (Wildman–Crippen MR) is 246 cm³/mol. The number of rotatable bonds is 23. The number of ketones is 1. The normalized spacial score (nSPS) is 16.1. The molecule has 14 heteroatoms. The highest BCUT2D eigenvalue weighted by Gasteiger charge is 2.35. The molecule has 348 valence electrons. The fourth-order valence-corrected chi connectivity index (χ4v) is 6.86. The van der Waals surface area contributed by atoms with Gasteiger partial charge in [0.25, 0.3) is 0 Å². The van der Waals surface area contributed by atoms with Crippen molar-refractivity contribution in [2.24, 2.45) is 29.1 Å². The highest BCUT2D eigenvalue weighted by molar-refractivity contribution is 6.30. The van der Waals surface area contributed by atoms with Gasteiger partial charge in [-0.1, -0.05) is 83.8 Å². The third kappa shape index (κ3) is 17.7. The van der Waals surface area contributed by atoms with Gasteiger partial charge in [0.05, 0.1) is 18.0 Å². The maximum Gasteiger partial charge on any atom is 0.311 e. The largest absolute Gasteiger partial charge is 0.457 e. The van der Waals surface area contributed by atoms with Crippen molar-refractivity contribution < 1.29 is 38.3 Å². The van der Waals surface area contributed by atoms with Crippen LogP contribution < -0.4 is 16.0 Å². The molecular formula is C48H76ClN5O8. The Morgan fingerprint density at radius 2 is 1.42 bits per heavy atom. The zero-order valence-corrected chi connectivity index (χ0v) is 41.0. The number of hydrogen-bond donors (Lipinski definition) is 3. The van der Waals surface area contributed by atoms with Gasteiger partial charge >= 0.3 is 5.97 Å². The topological polar surface area (TPSA) is 171 Å². The predicted octanol–water partition coefficient (Wildman–Crippen LogP) is 6.86. The second-order valence-electron chi connectivity index (χ2n) is 18.5. The number of ether oxygens (including phenoxy) is 1. The van der Waals surface area contributed by atoms with E-state index in [1.165, 1.54) is 37.7 Å². The van der Waals surface area contributed by atoms with E-state index in [0.29, 0.717) is 35.4 Å². The van der Waals surface area contributed by atoms with Gasteiger partial charge in [0, 0.05) is 31.1 Å². The van der Waals surface area contributed by atoms with Crippen LogP contribution >= 0.6 is 11.6 Å². The number of halogens is 1. The lowest BCUT2D eigenvalue weighted by molar-refractivity contribution is -0.159. The van der Waals surface area contributed by atoms with Gasteiger partial charge in [0.15, 0.2) is 5.78 Å². The van der Waals surface area contributed by atoms with Crippen LogP contribution in [0.1, 0.15) is 122 Å². The van der Waals surface area contributed by atoms with E-state index in [-0.39, 0.29) is 48.4 Å². The zero-order chi connectivity index (χ0) is 47.8. The van der Waals surface area contributed by atoms with Crippen molar-refractivity contribution in [3.63, 3.8) is 0 Å². The molecule has 5 amide bonds. The highest BCUT2D eigenvalue weighted by atomic mass is 35.5. The van der Waals surface area contributed by atoms with Crippen molar-refractivity contribution >= 4 is 52.9 Å². The van der Waals surface area contributed by atoms with Crippen molar-refractivity contribution in [2.45, 2.75) is 153 Å². The van der Waals surface area contributed by atoms with E-state index in [4.69, 9.17) is 16.3 Å². The maximum atomic E-state index is 14.0. The summed E-state index contributed by atoms with van der Waals surface area (Å²) in [5, 5.41) is 8.85. The molecule has 0 aliphatic heterocycles. The Labute approximate surface area is 376 Å². The molecule has 0 aliphatic carbocycles. The van der Waals surface area contributed by atoms with E-state index >= 15 is 0 Å². The first kappa shape index (κ1) is 55.5. The van der Waals surface area contributed by atoms with Gasteiger partial charge in [-0.3, -0.25) is 33.6 Å². The molecule has 1 aromatic carbocycles. The molecule has 0 aliphatic rings. The smallest absolute Gasteiger partial charge is 0.311 e. The van der Waals surface area contributed by atoms with Gasteiger partial charge < -0.3 is 30.5 Å². The van der Waals surface area contributed by atoms with E-state index in [1.807, 2.05) is 88.3 Å². The fourth-order valence-electron chi connectivity index (χ4n) is 6.73. The molecule has 1 aromatic rings. The Hall–Kier alpha value is -4.52. The van der Waals surface area contributed by atoms with Crippen LogP contribution in [0, 0.1) is 29.1 Å². The molecule has 0 aromatic heterocycles. The van der Waals surface area contributed by atoms with Crippen LogP contribution in [0.4, 0.5) is 0 Å². The van der Waals surface area contributed by atoms with Crippen LogP contribution in [-0.4, -0.2) is 102 Å². The number of carbonyl (C=O) groups excluding carboxylic acids is 7. The quantitative estimate of drug-likeness (QED) is 0.0609. The number of Topliss-reactive ketones (excluding diaryl/α,β-unsaturated/α-hetero) is 1. The first-order valence-corrected chi connectivity index (χ1v) is 22.2. The van der Waals surface area contributed by atoms with E-state index in [1.54, 1.807) is 31.2 Å². The lowest BCUT2D eigenvalue weighted by atomic mass is 9.84. The number of esters is 1. The Morgan fingerprint density at radius 1 is 0.839 bits per heavy atom. The number of nitrogens with one attached hydrogen (secondary N) is 3. The number of likely N-dealkylation sites (N-methyl/N-ethyl adjacent to an activating group) is 2. The van der Waals surface area contributed by atoms with Crippen molar-refractivity contribution in [3.8, 4) is 0 Å². The number of carbonyl (C=O) groups is 7. The van der Waals surface area contributed by atoms with Crippen LogP contribution in [0.25, 0.3) is 0 Å². The van der Waals surface area contributed by atoms with Gasteiger partial charge in [0.1, 0.15) is 24.2 Å². The Kier molecular flexibility index (Phi) is 22.9. The monoisotopic (exact) mass is 886 g/mol. The third-order valence-electron chi connectivity index (χ3n) is 11.5. The fraction of sp³-hybridized carbons (Fsp3) is 0.646. The SMILES string of the molecule is C/C=C(\C)[C@@H](OC(=O)C(C)(C)C)[C@@H](C)[C@@H](C)C/C=C(\C)C(=O)N[C@H](CC(C)C)C(=O)N[C@@H](C)C(=O)N(C)[C@H](Cc1ccc(Cl)cc1)C(=O)N(C)CC(=O)NC(C(C)=O)[C@@H](C)CC. The Balaban J connectivity index is 3.23. The molecule has 0 spiro atoms. The average Bonchev–Trinajstić information content (AvgIpc) is 3.20. The summed E-state index contributed by atoms with van der Waals surface area (Å²) in [6, 6.07) is 2.99. The third-order valence-corrected chi connectivity index (χ3v) is 11.8. The number of allylic oxidation sites excluding steroid dienone is 2. The summed E-state index contributed by atoms with van der Waals surface area (Å²) in [7, 11) is 2.92. The molecule has 1 unspecified atom stereocenters. The van der Waals surface area contributed by atoms with E-state index < -0.39 is 65.2 Å². The average molecular weight is 887 g/mol. The van der Waals surface area contributed by atoms with Crippen LogP contribution in [-0.2, 0) is 44.7 Å². The summed E-state index contributed by atoms with van der Waals surface area (Å²) in [4.78, 5) is 96.0. The molecule has 13 nitrogen and oxygen atoms in total. The lowest BCUT2D eigenvalue weighted by Gasteiger charge is -2.33. The summed E-state index contributed by atoms with van der Waals surface area (Å²) in [6.07, 6.45) is 4.90. The van der Waals surface area contributed by atoms with Gasteiger partial charge in [-0.15, -0.1) is 0 Å². The minimum atomic E-state index is -1.10. The van der Waals surface area contributed by atoms with Gasteiger partial charge in [-0.05, 0) is 115 Å². The van der Waals surface area contributed by atoms with Crippen molar-refractivity contribution in [1.82, 2.24) is 25.8 Å². The van der Waals surface area contributed by atoms with Gasteiger partial charge in [-0.2, -0.15) is 0 Å². The van der Waals surface area contributed by atoms with E-state index in [2.05, 4.69) is 16.0 Å². The molecule has 1 rings (SSSR count). The molecule has 0 saturated carbocycles. The van der Waals surface area contributed by atoms with Crippen molar-refractivity contribution in [2.75, 3.05) is 20.6 Å². The molecule has 0 saturated heterocycles. The van der Waals surface area contributed by atoms with Crippen LogP contribution in [0.15, 0.2) is 47.6 Å². The number of amides is 5. The number of benzene rings is 1. The molecule has 3 N–H and O–H groups in total. The summed E-state index contributed by atoms with van der Waals surface area (Å²) in [5.74, 6) is -3.18.